The van der Waals surface area contributed by atoms with Crippen LogP contribution in [-0.4, -0.2) is 6.29 Å². The molecule has 0 fully saturated rings. The van der Waals surface area contributed by atoms with Crippen molar-refractivity contribution in [1.29, 1.82) is 0 Å². The molecule has 0 bridgehead atoms. The third-order valence-electron chi connectivity index (χ3n) is 3.30. The highest BCUT2D eigenvalue weighted by molar-refractivity contribution is 5.51. The molecule has 2 aromatic carbocycles. The third kappa shape index (κ3) is 3.70. The van der Waals surface area contributed by atoms with Gasteiger partial charge in [0.1, 0.15) is 18.6 Å². The van der Waals surface area contributed by atoms with E-state index in [1.54, 1.807) is 0 Å². The molecule has 20 heavy (non-hydrogen) atoms. The number of ether oxygens (including phenoxy) is 1. The van der Waals surface area contributed by atoms with Crippen LogP contribution in [0.15, 0.2) is 42.5 Å². The van der Waals surface area contributed by atoms with Crippen molar-refractivity contribution < 1.29 is 9.53 Å². The first-order valence-corrected chi connectivity index (χ1v) is 6.91. The zero-order valence-corrected chi connectivity index (χ0v) is 12.1. The zero-order valence-electron chi connectivity index (χ0n) is 12.1. The highest BCUT2D eigenvalue weighted by atomic mass is 16.5. The molecule has 0 aliphatic heterocycles. The number of carbonyl (C=O) groups is 1. The van der Waals surface area contributed by atoms with Gasteiger partial charge in [0, 0.05) is 6.42 Å². The van der Waals surface area contributed by atoms with Crippen LogP contribution in [0.25, 0.3) is 0 Å². The normalized spacial score (nSPS) is 10.3. The second-order valence-electron chi connectivity index (χ2n) is 5.04. The maximum Gasteiger partial charge on any atom is 0.125 e. The molecule has 104 valence electrons. The van der Waals surface area contributed by atoms with Crippen LogP contribution in [0.1, 0.15) is 28.7 Å². The van der Waals surface area contributed by atoms with Crippen LogP contribution in [0.2, 0.25) is 0 Å². The summed E-state index contributed by atoms with van der Waals surface area (Å²) in [4.78, 5) is 10.4. The van der Waals surface area contributed by atoms with Crippen LogP contribution in [-0.2, 0) is 17.8 Å². The zero-order chi connectivity index (χ0) is 14.4. The minimum Gasteiger partial charge on any atom is -0.488 e. The Balaban J connectivity index is 2.10. The van der Waals surface area contributed by atoms with Crippen LogP contribution in [0.4, 0.5) is 0 Å². The molecule has 0 spiro atoms. The fourth-order valence-corrected chi connectivity index (χ4v) is 2.37. The van der Waals surface area contributed by atoms with E-state index in [9.17, 15) is 4.79 Å². The van der Waals surface area contributed by atoms with Gasteiger partial charge < -0.3 is 9.53 Å². The summed E-state index contributed by atoms with van der Waals surface area (Å²) >= 11 is 0. The van der Waals surface area contributed by atoms with Crippen molar-refractivity contribution in [3.05, 3.63) is 64.7 Å². The lowest BCUT2D eigenvalue weighted by atomic mass is 10.0. The van der Waals surface area contributed by atoms with E-state index in [4.69, 9.17) is 4.74 Å². The van der Waals surface area contributed by atoms with Crippen LogP contribution >= 0.6 is 0 Å². The number of hydrogen-bond acceptors (Lipinski definition) is 2. The van der Waals surface area contributed by atoms with Gasteiger partial charge in [-0.25, -0.2) is 0 Å². The molecule has 0 N–H and O–H groups in total. The Morgan fingerprint density at radius 3 is 2.25 bits per heavy atom. The number of aldehydes is 1. The molecule has 0 aliphatic carbocycles. The molecule has 2 heteroatoms. The average molecular weight is 268 g/mol. The van der Waals surface area contributed by atoms with E-state index in [2.05, 4.69) is 38.1 Å². The SMILES string of the molecule is Cc1cc(CCC=O)cc(C)c1OCc1ccccc1. The van der Waals surface area contributed by atoms with Crippen LogP contribution in [0, 0.1) is 13.8 Å². The van der Waals surface area contributed by atoms with Crippen molar-refractivity contribution in [2.45, 2.75) is 33.3 Å². The second kappa shape index (κ2) is 6.90. The summed E-state index contributed by atoms with van der Waals surface area (Å²) in [5.74, 6) is 0.948. The fraction of sp³-hybridized carbons (Fsp3) is 0.278. The Morgan fingerprint density at radius 2 is 1.65 bits per heavy atom. The highest BCUT2D eigenvalue weighted by Gasteiger charge is 2.07. The third-order valence-corrected chi connectivity index (χ3v) is 3.30. The van der Waals surface area contributed by atoms with Crippen molar-refractivity contribution in [3.63, 3.8) is 0 Å². The minimum atomic E-state index is 0.573. The topological polar surface area (TPSA) is 26.3 Å². The van der Waals surface area contributed by atoms with Gasteiger partial charge in [-0.05, 0) is 42.5 Å². The number of rotatable bonds is 6. The quantitative estimate of drug-likeness (QED) is 0.740. The van der Waals surface area contributed by atoms with Crippen molar-refractivity contribution in [2.24, 2.45) is 0 Å². The van der Waals surface area contributed by atoms with Gasteiger partial charge in [0.25, 0.3) is 0 Å². The van der Waals surface area contributed by atoms with Crippen molar-refractivity contribution in [2.75, 3.05) is 0 Å². The molecular weight excluding hydrogens is 248 g/mol. The maximum atomic E-state index is 10.4. The molecule has 2 aromatic rings. The monoisotopic (exact) mass is 268 g/mol. The Kier molecular flexibility index (Phi) is 4.94. The summed E-state index contributed by atoms with van der Waals surface area (Å²) < 4.78 is 5.94. The molecule has 0 radical (unpaired) electrons. The van der Waals surface area contributed by atoms with Gasteiger partial charge in [0.05, 0.1) is 0 Å². The van der Waals surface area contributed by atoms with Gasteiger partial charge >= 0.3 is 0 Å². The molecule has 0 saturated heterocycles. The van der Waals surface area contributed by atoms with E-state index >= 15 is 0 Å². The van der Waals surface area contributed by atoms with Crippen LogP contribution in [0.3, 0.4) is 0 Å². The summed E-state index contributed by atoms with van der Waals surface area (Å²) in [6.45, 7) is 4.69. The first kappa shape index (κ1) is 14.3. The molecule has 0 unspecified atom stereocenters. The fourth-order valence-electron chi connectivity index (χ4n) is 2.37. The van der Waals surface area contributed by atoms with E-state index in [-0.39, 0.29) is 0 Å². The predicted molar refractivity (Wildman–Crippen MR) is 81.1 cm³/mol. The smallest absolute Gasteiger partial charge is 0.125 e. The summed E-state index contributed by atoms with van der Waals surface area (Å²) in [6.07, 6.45) is 2.33. The molecule has 0 amide bonds. The van der Waals surface area contributed by atoms with Crippen LogP contribution < -0.4 is 4.74 Å². The molecule has 0 aliphatic rings. The first-order chi connectivity index (χ1) is 9.70. The number of hydrogen-bond donors (Lipinski definition) is 0. The molecular formula is C18H20O2. The maximum absolute atomic E-state index is 10.4. The van der Waals surface area contributed by atoms with Gasteiger partial charge in [-0.2, -0.15) is 0 Å². The minimum absolute atomic E-state index is 0.573. The Labute approximate surface area is 120 Å². The average Bonchev–Trinajstić information content (AvgIpc) is 2.45. The van der Waals surface area contributed by atoms with Crippen molar-refractivity contribution in [1.82, 2.24) is 0 Å². The van der Waals surface area contributed by atoms with E-state index in [0.29, 0.717) is 13.0 Å². The van der Waals surface area contributed by atoms with Gasteiger partial charge in [0.2, 0.25) is 0 Å². The number of carbonyl (C=O) groups excluding carboxylic acids is 1. The standard InChI is InChI=1S/C18H20O2/c1-14-11-17(9-6-10-19)12-15(2)18(14)20-13-16-7-4-3-5-8-16/h3-5,7-8,10-12H,6,9,13H2,1-2H3. The summed E-state index contributed by atoms with van der Waals surface area (Å²) in [5, 5.41) is 0. The van der Waals surface area contributed by atoms with E-state index in [1.807, 2.05) is 18.2 Å². The lowest BCUT2D eigenvalue weighted by molar-refractivity contribution is -0.107. The number of aryl methyl sites for hydroxylation is 3. The Bertz CT molecular complexity index is 550. The van der Waals surface area contributed by atoms with E-state index < -0.39 is 0 Å². The highest BCUT2D eigenvalue weighted by Crippen LogP contribution is 2.26. The molecule has 0 aromatic heterocycles. The van der Waals surface area contributed by atoms with Crippen LogP contribution in [0.5, 0.6) is 5.75 Å². The molecule has 2 rings (SSSR count). The van der Waals surface area contributed by atoms with Gasteiger partial charge in [-0.1, -0.05) is 42.5 Å². The first-order valence-electron chi connectivity index (χ1n) is 6.91. The van der Waals surface area contributed by atoms with Gasteiger partial charge in [-0.3, -0.25) is 0 Å². The molecule has 0 saturated carbocycles. The second-order valence-corrected chi connectivity index (χ2v) is 5.04. The summed E-state index contributed by atoms with van der Waals surface area (Å²) in [6, 6.07) is 14.4. The van der Waals surface area contributed by atoms with E-state index in [0.717, 1.165) is 35.1 Å². The lowest BCUT2D eigenvalue weighted by Crippen LogP contribution is -2.00. The Morgan fingerprint density at radius 1 is 1.00 bits per heavy atom. The van der Waals surface area contributed by atoms with E-state index in [1.165, 1.54) is 5.56 Å². The molecule has 0 atom stereocenters. The number of benzene rings is 2. The largest absolute Gasteiger partial charge is 0.488 e. The molecule has 2 nitrogen and oxygen atoms in total. The van der Waals surface area contributed by atoms with Crippen molar-refractivity contribution >= 4 is 6.29 Å². The lowest BCUT2D eigenvalue weighted by Gasteiger charge is -2.14. The summed E-state index contributed by atoms with van der Waals surface area (Å²) in [7, 11) is 0. The summed E-state index contributed by atoms with van der Waals surface area (Å²) in [5.41, 5.74) is 4.61. The predicted octanol–water partition coefficient (Wildman–Crippen LogP) is 4.01. The van der Waals surface area contributed by atoms with Crippen molar-refractivity contribution in [3.8, 4) is 5.75 Å². The molecule has 0 heterocycles. The Hall–Kier alpha value is -2.09. The van der Waals surface area contributed by atoms with Gasteiger partial charge in [0.15, 0.2) is 0 Å². The van der Waals surface area contributed by atoms with Gasteiger partial charge in [-0.15, -0.1) is 0 Å².